The highest BCUT2D eigenvalue weighted by Crippen LogP contribution is 2.31. The van der Waals surface area contributed by atoms with Gasteiger partial charge in [0.15, 0.2) is 0 Å². The molecule has 0 heterocycles. The lowest BCUT2D eigenvalue weighted by Gasteiger charge is -1.92. The predicted octanol–water partition coefficient (Wildman–Crippen LogP) is 1.77. The zero-order valence-electron chi connectivity index (χ0n) is 6.10. The van der Waals surface area contributed by atoms with Crippen molar-refractivity contribution in [1.29, 1.82) is 0 Å². The average Bonchev–Trinajstić information content (AvgIpc) is 2.69. The molecule has 1 heteroatoms. The van der Waals surface area contributed by atoms with Crippen LogP contribution in [0.5, 0.6) is 0 Å². The maximum atomic E-state index is 11.0. The lowest BCUT2D eigenvalue weighted by atomic mass is 10.1. The van der Waals surface area contributed by atoms with E-state index in [2.05, 4.69) is 5.92 Å². The van der Waals surface area contributed by atoms with E-state index in [-0.39, 0.29) is 0 Å². The number of hydrogen-bond donors (Lipinski definition) is 0. The molecule has 0 radical (unpaired) electrons. The number of Topliss-reactive ketones (excluding diaryl/α,β-unsaturated/α-hetero) is 1. The Morgan fingerprint density at radius 1 is 1.60 bits per heavy atom. The van der Waals surface area contributed by atoms with E-state index < -0.39 is 0 Å². The third-order valence-electron chi connectivity index (χ3n) is 1.78. The first kappa shape index (κ1) is 7.34. The molecule has 1 aliphatic carbocycles. The van der Waals surface area contributed by atoms with Gasteiger partial charge in [-0.1, -0.05) is 0 Å². The first-order valence-electron chi connectivity index (χ1n) is 3.81. The van der Waals surface area contributed by atoms with E-state index in [9.17, 15) is 4.79 Å². The maximum Gasteiger partial charge on any atom is 0.136 e. The molecule has 0 aromatic carbocycles. The number of carbonyl (C=O) groups is 1. The number of unbranched alkanes of at least 4 members (excludes halogenated alkanes) is 1. The van der Waals surface area contributed by atoms with Crippen LogP contribution in [0.3, 0.4) is 0 Å². The first-order chi connectivity index (χ1) is 4.84. The summed E-state index contributed by atoms with van der Waals surface area (Å²) in [7, 11) is 0. The lowest BCUT2D eigenvalue weighted by molar-refractivity contribution is -0.120. The second-order valence-electron chi connectivity index (χ2n) is 2.80. The Balaban J connectivity index is 2.02. The molecule has 1 fully saturated rings. The van der Waals surface area contributed by atoms with Crippen LogP contribution in [0.2, 0.25) is 0 Å². The molecule has 0 atom stereocenters. The molecule has 1 rings (SSSR count). The molecule has 10 heavy (non-hydrogen) atoms. The minimum Gasteiger partial charge on any atom is -0.299 e. The highest BCUT2D eigenvalue weighted by Gasteiger charge is 2.28. The summed E-state index contributed by atoms with van der Waals surface area (Å²) >= 11 is 0. The first-order valence-corrected chi connectivity index (χ1v) is 3.81. The van der Waals surface area contributed by atoms with Gasteiger partial charge in [0.1, 0.15) is 5.78 Å². The van der Waals surface area contributed by atoms with E-state index in [0.29, 0.717) is 18.1 Å². The Hall–Kier alpha value is -0.770. The highest BCUT2D eigenvalue weighted by molar-refractivity contribution is 5.83. The minimum absolute atomic E-state index is 0.415. The zero-order valence-corrected chi connectivity index (χ0v) is 6.10. The molecule has 1 saturated carbocycles. The molecule has 0 N–H and O–H groups in total. The van der Waals surface area contributed by atoms with Gasteiger partial charge in [0.05, 0.1) is 0 Å². The third-order valence-corrected chi connectivity index (χ3v) is 1.78. The Morgan fingerprint density at radius 2 is 2.30 bits per heavy atom. The molecule has 1 aliphatic rings. The van der Waals surface area contributed by atoms with Gasteiger partial charge in [0, 0.05) is 18.8 Å². The van der Waals surface area contributed by atoms with E-state index >= 15 is 0 Å². The fourth-order valence-corrected chi connectivity index (χ4v) is 0.974. The van der Waals surface area contributed by atoms with Crippen molar-refractivity contribution in [3.8, 4) is 12.3 Å². The van der Waals surface area contributed by atoms with Crippen LogP contribution in [-0.2, 0) is 4.79 Å². The van der Waals surface area contributed by atoms with Crippen LogP contribution in [0.4, 0.5) is 0 Å². The number of rotatable bonds is 4. The van der Waals surface area contributed by atoms with Crippen molar-refractivity contribution < 1.29 is 4.79 Å². The van der Waals surface area contributed by atoms with Crippen molar-refractivity contribution in [3.63, 3.8) is 0 Å². The van der Waals surface area contributed by atoms with E-state index in [1.165, 1.54) is 0 Å². The van der Waals surface area contributed by atoms with Gasteiger partial charge < -0.3 is 0 Å². The molecule has 0 aliphatic heterocycles. The number of carbonyl (C=O) groups excluding carboxylic acids is 1. The van der Waals surface area contributed by atoms with Gasteiger partial charge in [0.25, 0.3) is 0 Å². The van der Waals surface area contributed by atoms with Gasteiger partial charge in [-0.3, -0.25) is 4.79 Å². The maximum absolute atomic E-state index is 11.0. The minimum atomic E-state index is 0.415. The van der Waals surface area contributed by atoms with Gasteiger partial charge in [0.2, 0.25) is 0 Å². The molecule has 54 valence electrons. The Labute approximate surface area is 61.8 Å². The molecule has 0 amide bonds. The van der Waals surface area contributed by atoms with Crippen LogP contribution < -0.4 is 0 Å². The van der Waals surface area contributed by atoms with Crippen molar-refractivity contribution in [1.82, 2.24) is 0 Å². The Kier molecular flexibility index (Phi) is 2.50. The van der Waals surface area contributed by atoms with Gasteiger partial charge in [-0.15, -0.1) is 12.3 Å². The van der Waals surface area contributed by atoms with Gasteiger partial charge in [-0.25, -0.2) is 0 Å². The Bertz CT molecular complexity index is 160. The predicted molar refractivity (Wildman–Crippen MR) is 40.4 cm³/mol. The highest BCUT2D eigenvalue weighted by atomic mass is 16.1. The molecule has 0 aromatic rings. The van der Waals surface area contributed by atoms with Crippen LogP contribution in [0.25, 0.3) is 0 Å². The van der Waals surface area contributed by atoms with Crippen LogP contribution in [0, 0.1) is 18.3 Å². The number of hydrogen-bond acceptors (Lipinski definition) is 1. The van der Waals surface area contributed by atoms with Crippen LogP contribution in [0.1, 0.15) is 32.1 Å². The van der Waals surface area contributed by atoms with Crippen molar-refractivity contribution in [2.24, 2.45) is 5.92 Å². The lowest BCUT2D eigenvalue weighted by Crippen LogP contribution is -1.98. The summed E-state index contributed by atoms with van der Waals surface area (Å²) in [5.41, 5.74) is 0. The fourth-order valence-electron chi connectivity index (χ4n) is 0.974. The normalized spacial score (nSPS) is 16.3. The van der Waals surface area contributed by atoms with Gasteiger partial charge >= 0.3 is 0 Å². The molecular formula is C9H12O. The third kappa shape index (κ3) is 2.23. The summed E-state index contributed by atoms with van der Waals surface area (Å²) in [4.78, 5) is 11.0. The van der Waals surface area contributed by atoms with Gasteiger partial charge in [-0.05, 0) is 19.3 Å². The summed E-state index contributed by atoms with van der Waals surface area (Å²) in [5, 5.41) is 0. The average molecular weight is 136 g/mol. The van der Waals surface area contributed by atoms with Crippen molar-refractivity contribution in [2.45, 2.75) is 32.1 Å². The largest absolute Gasteiger partial charge is 0.299 e. The zero-order chi connectivity index (χ0) is 7.40. The number of terminal acetylenes is 1. The van der Waals surface area contributed by atoms with Gasteiger partial charge in [-0.2, -0.15) is 0 Å². The van der Waals surface area contributed by atoms with Crippen molar-refractivity contribution in [3.05, 3.63) is 0 Å². The molecule has 1 nitrogen and oxygen atoms in total. The van der Waals surface area contributed by atoms with E-state index in [1.54, 1.807) is 0 Å². The van der Waals surface area contributed by atoms with E-state index in [0.717, 1.165) is 25.7 Å². The Morgan fingerprint density at radius 3 is 2.80 bits per heavy atom. The van der Waals surface area contributed by atoms with E-state index in [1.807, 2.05) is 0 Å². The molecule has 0 saturated heterocycles. The van der Waals surface area contributed by atoms with E-state index in [4.69, 9.17) is 6.42 Å². The fraction of sp³-hybridized carbons (Fsp3) is 0.667. The second-order valence-corrected chi connectivity index (χ2v) is 2.80. The standard InChI is InChI=1S/C9H12O/c1-2-3-4-5-9(10)8-6-7-8/h1,8H,3-7H2. The molecular weight excluding hydrogens is 124 g/mol. The second kappa shape index (κ2) is 3.41. The molecule has 0 bridgehead atoms. The summed E-state index contributed by atoms with van der Waals surface area (Å²) < 4.78 is 0. The summed E-state index contributed by atoms with van der Waals surface area (Å²) in [6.07, 6.45) is 9.62. The van der Waals surface area contributed by atoms with Crippen LogP contribution in [-0.4, -0.2) is 5.78 Å². The molecule has 0 aromatic heterocycles. The SMILES string of the molecule is C#CCCCC(=O)C1CC1. The van der Waals surface area contributed by atoms with Crippen LogP contribution in [0.15, 0.2) is 0 Å². The topological polar surface area (TPSA) is 17.1 Å². The summed E-state index contributed by atoms with van der Waals surface area (Å²) in [5.74, 6) is 3.37. The number of ketones is 1. The smallest absolute Gasteiger partial charge is 0.136 e. The molecule has 0 spiro atoms. The molecule has 0 unspecified atom stereocenters. The summed E-state index contributed by atoms with van der Waals surface area (Å²) in [6, 6.07) is 0. The monoisotopic (exact) mass is 136 g/mol. The summed E-state index contributed by atoms with van der Waals surface area (Å²) in [6.45, 7) is 0. The van der Waals surface area contributed by atoms with Crippen molar-refractivity contribution >= 4 is 5.78 Å². The quantitative estimate of drug-likeness (QED) is 0.425. The van der Waals surface area contributed by atoms with Crippen molar-refractivity contribution in [2.75, 3.05) is 0 Å². The van der Waals surface area contributed by atoms with Crippen LogP contribution >= 0.6 is 0 Å².